The fraction of sp³-hybridized carbons (Fsp3) is 0.708. The van der Waals surface area contributed by atoms with Crippen molar-refractivity contribution in [1.29, 1.82) is 0 Å². The quantitative estimate of drug-likeness (QED) is 0.244. The van der Waals surface area contributed by atoms with Crippen molar-refractivity contribution in [1.82, 2.24) is 0 Å². The first-order valence-corrected chi connectivity index (χ1v) is 11.0. The van der Waals surface area contributed by atoms with Crippen molar-refractivity contribution in [2.24, 2.45) is 5.92 Å². The normalized spacial score (nSPS) is 12.4. The number of hydrogen-bond donors (Lipinski definition) is 1. The van der Waals surface area contributed by atoms with E-state index in [-0.39, 0.29) is 6.29 Å². The highest BCUT2D eigenvalue weighted by Gasteiger charge is 2.13. The maximum Gasteiger partial charge on any atom is 0.335 e. The molecule has 4 nitrogen and oxygen atoms in total. The Morgan fingerprint density at radius 1 is 0.857 bits per heavy atom. The van der Waals surface area contributed by atoms with Gasteiger partial charge in [0.2, 0.25) is 0 Å². The highest BCUT2D eigenvalue weighted by molar-refractivity contribution is 5.87. The lowest BCUT2D eigenvalue weighted by molar-refractivity contribution is -0.108. The fourth-order valence-electron chi connectivity index (χ4n) is 3.71. The first-order chi connectivity index (χ1) is 13.6. The van der Waals surface area contributed by atoms with Crippen molar-refractivity contribution in [3.05, 3.63) is 35.4 Å². The minimum absolute atomic E-state index is 0.119. The van der Waals surface area contributed by atoms with Gasteiger partial charge in [-0.05, 0) is 49.3 Å². The molecule has 0 saturated carbocycles. The zero-order valence-corrected chi connectivity index (χ0v) is 18.1. The Bertz CT molecular complexity index is 508. The molecule has 4 heteroatoms. The second-order valence-corrected chi connectivity index (χ2v) is 7.80. The van der Waals surface area contributed by atoms with E-state index in [1.54, 1.807) is 26.4 Å². The van der Waals surface area contributed by atoms with E-state index in [1.165, 1.54) is 56.9 Å². The molecule has 1 unspecified atom stereocenters. The van der Waals surface area contributed by atoms with Gasteiger partial charge in [-0.1, -0.05) is 70.4 Å². The minimum Gasteiger partial charge on any atom is -0.478 e. The maximum atomic E-state index is 11.0. The molecule has 1 aromatic carbocycles. The van der Waals surface area contributed by atoms with Crippen molar-refractivity contribution >= 4 is 5.97 Å². The molecule has 0 radical (unpaired) electrons. The van der Waals surface area contributed by atoms with Crippen LogP contribution in [0.2, 0.25) is 0 Å². The van der Waals surface area contributed by atoms with Crippen LogP contribution in [0.4, 0.5) is 0 Å². The summed E-state index contributed by atoms with van der Waals surface area (Å²) in [5.74, 6) is -0.212. The predicted molar refractivity (Wildman–Crippen MR) is 115 cm³/mol. The number of hydrogen-bond acceptors (Lipinski definition) is 3. The molecule has 28 heavy (non-hydrogen) atoms. The lowest BCUT2D eigenvalue weighted by atomic mass is 9.89. The Labute approximate surface area is 171 Å². The minimum atomic E-state index is -0.867. The summed E-state index contributed by atoms with van der Waals surface area (Å²) < 4.78 is 10.7. The van der Waals surface area contributed by atoms with E-state index in [0.29, 0.717) is 11.5 Å². The molecule has 160 valence electrons. The summed E-state index contributed by atoms with van der Waals surface area (Å²) in [6.07, 6.45) is 14.6. The van der Waals surface area contributed by atoms with Gasteiger partial charge in [0.15, 0.2) is 6.29 Å². The highest BCUT2D eigenvalue weighted by atomic mass is 16.7. The summed E-state index contributed by atoms with van der Waals surface area (Å²) in [6, 6.07) is 7.30. The third-order valence-electron chi connectivity index (χ3n) is 5.59. The summed E-state index contributed by atoms with van der Waals surface area (Å²) in [7, 11) is 3.40. The zero-order valence-electron chi connectivity index (χ0n) is 18.1. The summed E-state index contributed by atoms with van der Waals surface area (Å²) in [5.41, 5.74) is 1.57. The molecule has 0 fully saturated rings. The molecule has 0 bridgehead atoms. The van der Waals surface area contributed by atoms with Crippen molar-refractivity contribution in [3.63, 3.8) is 0 Å². The molecule has 0 aliphatic carbocycles. The fourth-order valence-corrected chi connectivity index (χ4v) is 3.71. The summed E-state index contributed by atoms with van der Waals surface area (Å²) >= 11 is 0. The van der Waals surface area contributed by atoms with E-state index in [2.05, 4.69) is 6.92 Å². The SMILES string of the molecule is CCCCCCCCCC(CCc1ccc(C(=O)O)cc1)CCC(OC)OC. The van der Waals surface area contributed by atoms with E-state index in [4.69, 9.17) is 14.6 Å². The maximum absolute atomic E-state index is 11.0. The van der Waals surface area contributed by atoms with Gasteiger partial charge < -0.3 is 14.6 Å². The number of carboxylic acid groups (broad SMARTS) is 1. The van der Waals surface area contributed by atoms with Gasteiger partial charge in [0.05, 0.1) is 5.56 Å². The summed E-state index contributed by atoms with van der Waals surface area (Å²) in [5, 5.41) is 9.03. The molecule has 0 amide bonds. The molecule has 0 spiro atoms. The molecular weight excluding hydrogens is 352 g/mol. The number of rotatable bonds is 17. The average Bonchev–Trinajstić information content (AvgIpc) is 2.71. The van der Waals surface area contributed by atoms with Crippen molar-refractivity contribution in [3.8, 4) is 0 Å². The van der Waals surface area contributed by atoms with Crippen LogP contribution < -0.4 is 0 Å². The average molecular weight is 393 g/mol. The van der Waals surface area contributed by atoms with Gasteiger partial charge in [0, 0.05) is 14.2 Å². The first kappa shape index (κ1) is 24.6. The Hall–Kier alpha value is -1.39. The van der Waals surface area contributed by atoms with Crippen molar-refractivity contribution in [2.45, 2.75) is 90.3 Å². The topological polar surface area (TPSA) is 55.8 Å². The van der Waals surface area contributed by atoms with Crippen LogP contribution in [0.3, 0.4) is 0 Å². The second kappa shape index (κ2) is 15.5. The number of aromatic carboxylic acids is 1. The second-order valence-electron chi connectivity index (χ2n) is 7.80. The van der Waals surface area contributed by atoms with E-state index in [0.717, 1.165) is 25.7 Å². The van der Waals surface area contributed by atoms with Gasteiger partial charge in [0.1, 0.15) is 0 Å². The molecule has 1 rings (SSSR count). The molecule has 1 atom stereocenters. The monoisotopic (exact) mass is 392 g/mol. The smallest absolute Gasteiger partial charge is 0.335 e. The molecule has 0 saturated heterocycles. The molecular formula is C24H40O4. The molecule has 1 N–H and O–H groups in total. The largest absolute Gasteiger partial charge is 0.478 e. The molecule has 0 aromatic heterocycles. The number of benzene rings is 1. The molecule has 1 aromatic rings. The van der Waals surface area contributed by atoms with Gasteiger partial charge in [-0.2, -0.15) is 0 Å². The van der Waals surface area contributed by atoms with E-state index < -0.39 is 5.97 Å². The number of aryl methyl sites for hydroxylation is 1. The number of unbranched alkanes of at least 4 members (excludes halogenated alkanes) is 6. The molecule has 0 aliphatic rings. The Morgan fingerprint density at radius 3 is 2.04 bits per heavy atom. The van der Waals surface area contributed by atoms with E-state index in [9.17, 15) is 4.79 Å². The van der Waals surface area contributed by atoms with E-state index >= 15 is 0 Å². The zero-order chi connectivity index (χ0) is 20.6. The number of ether oxygens (including phenoxy) is 2. The Balaban J connectivity index is 2.43. The third kappa shape index (κ3) is 10.8. The molecule has 0 heterocycles. The van der Waals surface area contributed by atoms with Crippen LogP contribution in [0.1, 0.15) is 93.5 Å². The molecule has 0 aliphatic heterocycles. The van der Waals surface area contributed by atoms with Crippen LogP contribution in [0.15, 0.2) is 24.3 Å². The van der Waals surface area contributed by atoms with Crippen LogP contribution in [-0.2, 0) is 15.9 Å². The van der Waals surface area contributed by atoms with Crippen molar-refractivity contribution in [2.75, 3.05) is 14.2 Å². The van der Waals surface area contributed by atoms with Crippen LogP contribution >= 0.6 is 0 Å². The Morgan fingerprint density at radius 2 is 1.46 bits per heavy atom. The highest BCUT2D eigenvalue weighted by Crippen LogP contribution is 2.24. The lowest BCUT2D eigenvalue weighted by Gasteiger charge is -2.20. The summed E-state index contributed by atoms with van der Waals surface area (Å²) in [6.45, 7) is 2.26. The van der Waals surface area contributed by atoms with E-state index in [1.807, 2.05) is 12.1 Å². The lowest BCUT2D eigenvalue weighted by Crippen LogP contribution is -2.15. The van der Waals surface area contributed by atoms with Gasteiger partial charge in [-0.15, -0.1) is 0 Å². The van der Waals surface area contributed by atoms with Crippen LogP contribution in [0.5, 0.6) is 0 Å². The van der Waals surface area contributed by atoms with Crippen LogP contribution in [-0.4, -0.2) is 31.6 Å². The first-order valence-electron chi connectivity index (χ1n) is 11.0. The van der Waals surface area contributed by atoms with Gasteiger partial charge >= 0.3 is 5.97 Å². The Kier molecular flexibility index (Phi) is 13.7. The van der Waals surface area contributed by atoms with Crippen molar-refractivity contribution < 1.29 is 19.4 Å². The number of carboxylic acids is 1. The third-order valence-corrected chi connectivity index (χ3v) is 5.59. The van der Waals surface area contributed by atoms with Crippen LogP contribution in [0, 0.1) is 5.92 Å². The standard InChI is InChI=1S/C24H40O4/c1-4-5-6-7-8-9-10-11-20(16-19-23(27-2)28-3)12-13-21-14-17-22(18-15-21)24(25)26/h14-15,17-18,20,23H,4-13,16,19H2,1-3H3,(H,25,26). The number of methoxy groups -OCH3 is 2. The van der Waals surface area contributed by atoms with Gasteiger partial charge in [-0.3, -0.25) is 0 Å². The predicted octanol–water partition coefficient (Wildman–Crippen LogP) is 6.47. The van der Waals surface area contributed by atoms with Crippen LogP contribution in [0.25, 0.3) is 0 Å². The summed E-state index contributed by atoms with van der Waals surface area (Å²) in [4.78, 5) is 11.0. The number of carbonyl (C=O) groups is 1. The van der Waals surface area contributed by atoms with Gasteiger partial charge in [-0.25, -0.2) is 4.79 Å². The van der Waals surface area contributed by atoms with Gasteiger partial charge in [0.25, 0.3) is 0 Å².